The minimum Gasteiger partial charge on any atom is -0.268 e. The van der Waals surface area contributed by atoms with Crippen LogP contribution in [0.1, 0.15) is 17.3 Å². The highest BCUT2D eigenvalue weighted by atomic mass is 35.5. The maximum Gasteiger partial charge on any atom is 0.269 e. The number of nitrogens with two attached hydrogens (primary N) is 1. The molecule has 0 aliphatic heterocycles. The number of halogens is 1. The summed E-state index contributed by atoms with van der Waals surface area (Å²) in [6.45, 7) is 1.54. The summed E-state index contributed by atoms with van der Waals surface area (Å²) in [5.74, 6) is 5.05. The lowest BCUT2D eigenvalue weighted by molar-refractivity contribution is 0.0728. The van der Waals surface area contributed by atoms with Crippen LogP contribution in [0, 0.1) is 11.3 Å². The second-order valence-corrected chi connectivity index (χ2v) is 3.46. The molecular weight excluding hydrogens is 214 g/mol. The highest BCUT2D eigenvalue weighted by molar-refractivity contribution is 6.30. The van der Waals surface area contributed by atoms with Gasteiger partial charge in [0.05, 0.1) is 6.07 Å². The Hall–Kier alpha value is -1.57. The zero-order valence-corrected chi connectivity index (χ0v) is 8.90. The molecule has 4 nitrogen and oxygen atoms in total. The molecule has 1 unspecified atom stereocenters. The van der Waals surface area contributed by atoms with Crippen LogP contribution in [0.5, 0.6) is 0 Å². The summed E-state index contributed by atoms with van der Waals surface area (Å²) < 4.78 is 0. The molecule has 0 aliphatic rings. The lowest BCUT2D eigenvalue weighted by atomic mass is 10.2. The second kappa shape index (κ2) is 4.78. The van der Waals surface area contributed by atoms with E-state index in [0.717, 1.165) is 5.01 Å². The maximum absolute atomic E-state index is 11.7. The van der Waals surface area contributed by atoms with Gasteiger partial charge in [-0.15, -0.1) is 0 Å². The number of hydrogen-bond acceptors (Lipinski definition) is 3. The van der Waals surface area contributed by atoms with E-state index in [1.54, 1.807) is 25.1 Å². The average Bonchev–Trinajstić information content (AvgIpc) is 2.26. The van der Waals surface area contributed by atoms with Gasteiger partial charge in [0.2, 0.25) is 0 Å². The molecule has 0 aliphatic carbocycles. The number of nitriles is 1. The summed E-state index contributed by atoms with van der Waals surface area (Å²) in [6, 6.07) is 7.62. The predicted octanol–water partition coefficient (Wildman–Crippen LogP) is 1.57. The fourth-order valence-electron chi connectivity index (χ4n) is 1.01. The molecule has 1 aromatic rings. The standard InChI is InChI=1S/C10H10ClN3O/c1-7(6-12)14(13)10(15)8-3-2-4-9(11)5-8/h2-5,7H,13H2,1H3. The minimum atomic E-state index is -0.670. The smallest absolute Gasteiger partial charge is 0.268 e. The van der Waals surface area contributed by atoms with Crippen LogP contribution in [-0.4, -0.2) is 17.0 Å². The molecule has 0 aromatic heterocycles. The molecule has 0 bridgehead atoms. The Morgan fingerprint density at radius 2 is 2.33 bits per heavy atom. The van der Waals surface area contributed by atoms with Crippen molar-refractivity contribution < 1.29 is 4.79 Å². The minimum absolute atomic E-state index is 0.368. The quantitative estimate of drug-likeness (QED) is 0.470. The first-order valence-electron chi connectivity index (χ1n) is 4.29. The van der Waals surface area contributed by atoms with Crippen molar-refractivity contribution in [2.75, 3.05) is 0 Å². The number of hydrazine groups is 1. The maximum atomic E-state index is 11.7. The van der Waals surface area contributed by atoms with Gasteiger partial charge in [0.1, 0.15) is 6.04 Å². The van der Waals surface area contributed by atoms with E-state index < -0.39 is 11.9 Å². The van der Waals surface area contributed by atoms with Crippen molar-refractivity contribution in [3.63, 3.8) is 0 Å². The first-order valence-corrected chi connectivity index (χ1v) is 4.67. The van der Waals surface area contributed by atoms with Crippen LogP contribution in [0.3, 0.4) is 0 Å². The summed E-state index contributed by atoms with van der Waals surface area (Å²) in [6.07, 6.45) is 0. The number of benzene rings is 1. The van der Waals surface area contributed by atoms with Crippen LogP contribution in [0.2, 0.25) is 5.02 Å². The fraction of sp³-hybridized carbons (Fsp3) is 0.200. The number of rotatable bonds is 2. The monoisotopic (exact) mass is 223 g/mol. The third-order valence-corrected chi connectivity index (χ3v) is 2.15. The average molecular weight is 224 g/mol. The van der Waals surface area contributed by atoms with Crippen molar-refractivity contribution in [3.8, 4) is 6.07 Å². The molecule has 1 atom stereocenters. The third kappa shape index (κ3) is 2.69. The van der Waals surface area contributed by atoms with Gasteiger partial charge in [0.25, 0.3) is 5.91 Å². The number of hydrogen-bond donors (Lipinski definition) is 1. The highest BCUT2D eigenvalue weighted by Gasteiger charge is 2.17. The topological polar surface area (TPSA) is 70.1 Å². The molecule has 15 heavy (non-hydrogen) atoms. The van der Waals surface area contributed by atoms with Crippen LogP contribution in [0.4, 0.5) is 0 Å². The number of carbonyl (C=O) groups excluding carboxylic acids is 1. The Kier molecular flexibility index (Phi) is 3.67. The van der Waals surface area contributed by atoms with E-state index in [0.29, 0.717) is 10.6 Å². The number of amides is 1. The van der Waals surface area contributed by atoms with E-state index in [1.165, 1.54) is 6.07 Å². The van der Waals surface area contributed by atoms with Crippen LogP contribution in [0.25, 0.3) is 0 Å². The Bertz CT molecular complexity index is 413. The Labute approximate surface area is 92.8 Å². The zero-order valence-electron chi connectivity index (χ0n) is 8.14. The Morgan fingerprint density at radius 3 is 2.87 bits per heavy atom. The zero-order chi connectivity index (χ0) is 11.4. The lowest BCUT2D eigenvalue weighted by Gasteiger charge is -2.18. The van der Waals surface area contributed by atoms with E-state index in [9.17, 15) is 4.79 Å². The third-order valence-electron chi connectivity index (χ3n) is 1.91. The second-order valence-electron chi connectivity index (χ2n) is 3.03. The molecule has 5 heteroatoms. The molecule has 0 fully saturated rings. The van der Waals surface area contributed by atoms with Crippen LogP contribution in [-0.2, 0) is 0 Å². The van der Waals surface area contributed by atoms with Gasteiger partial charge in [0, 0.05) is 10.6 Å². The van der Waals surface area contributed by atoms with Crippen LogP contribution in [0.15, 0.2) is 24.3 Å². The molecule has 1 aromatic carbocycles. The molecule has 0 saturated heterocycles. The largest absolute Gasteiger partial charge is 0.269 e. The van der Waals surface area contributed by atoms with Crippen molar-refractivity contribution in [3.05, 3.63) is 34.9 Å². The lowest BCUT2D eigenvalue weighted by Crippen LogP contribution is -2.43. The molecule has 2 N–H and O–H groups in total. The first-order chi connectivity index (χ1) is 7.06. The summed E-state index contributed by atoms with van der Waals surface area (Å²) in [5, 5.41) is 9.94. The van der Waals surface area contributed by atoms with Gasteiger partial charge in [-0.25, -0.2) is 5.84 Å². The van der Waals surface area contributed by atoms with Crippen molar-refractivity contribution in [2.45, 2.75) is 13.0 Å². The molecule has 0 saturated carbocycles. The normalized spacial score (nSPS) is 11.6. The van der Waals surface area contributed by atoms with Crippen molar-refractivity contribution >= 4 is 17.5 Å². The van der Waals surface area contributed by atoms with E-state index >= 15 is 0 Å². The van der Waals surface area contributed by atoms with E-state index in [4.69, 9.17) is 22.7 Å². The molecule has 1 amide bonds. The van der Waals surface area contributed by atoms with Gasteiger partial charge in [-0.05, 0) is 25.1 Å². The summed E-state index contributed by atoms with van der Waals surface area (Å²) >= 11 is 5.73. The van der Waals surface area contributed by atoms with Crippen molar-refractivity contribution in [1.82, 2.24) is 5.01 Å². The number of carbonyl (C=O) groups is 1. The van der Waals surface area contributed by atoms with Gasteiger partial charge in [-0.2, -0.15) is 5.26 Å². The van der Waals surface area contributed by atoms with Crippen LogP contribution < -0.4 is 5.84 Å². The summed E-state index contributed by atoms with van der Waals surface area (Å²) in [7, 11) is 0. The van der Waals surface area contributed by atoms with Gasteiger partial charge < -0.3 is 0 Å². The van der Waals surface area contributed by atoms with E-state index in [1.807, 2.05) is 6.07 Å². The molecule has 78 valence electrons. The van der Waals surface area contributed by atoms with Crippen LogP contribution >= 0.6 is 11.6 Å². The molecule has 1 rings (SSSR count). The van der Waals surface area contributed by atoms with Gasteiger partial charge in [0.15, 0.2) is 0 Å². The van der Waals surface area contributed by atoms with Crippen molar-refractivity contribution in [2.24, 2.45) is 5.84 Å². The Balaban J connectivity index is 2.91. The fourth-order valence-corrected chi connectivity index (χ4v) is 1.20. The van der Waals surface area contributed by atoms with E-state index in [-0.39, 0.29) is 0 Å². The first kappa shape index (κ1) is 11.5. The SMILES string of the molecule is CC(C#N)N(N)C(=O)c1cccc(Cl)c1. The summed E-state index contributed by atoms with van der Waals surface area (Å²) in [4.78, 5) is 11.7. The van der Waals surface area contributed by atoms with Gasteiger partial charge in [-0.3, -0.25) is 9.80 Å². The molecule has 0 heterocycles. The van der Waals surface area contributed by atoms with Gasteiger partial charge >= 0.3 is 0 Å². The molecule has 0 radical (unpaired) electrons. The molecular formula is C10H10ClN3O. The van der Waals surface area contributed by atoms with E-state index in [2.05, 4.69) is 0 Å². The van der Waals surface area contributed by atoms with Crippen molar-refractivity contribution in [1.29, 1.82) is 5.26 Å². The highest BCUT2D eigenvalue weighted by Crippen LogP contribution is 2.12. The Morgan fingerprint density at radius 1 is 1.67 bits per heavy atom. The van der Waals surface area contributed by atoms with Gasteiger partial charge in [-0.1, -0.05) is 17.7 Å². The predicted molar refractivity (Wildman–Crippen MR) is 56.9 cm³/mol. The molecule has 0 spiro atoms. The number of nitrogens with zero attached hydrogens (tertiary/aromatic N) is 2. The summed E-state index contributed by atoms with van der Waals surface area (Å²) in [5.41, 5.74) is 0.368.